The normalized spacial score (nSPS) is 14.5. The van der Waals surface area contributed by atoms with Crippen molar-refractivity contribution in [2.24, 2.45) is 5.73 Å². The van der Waals surface area contributed by atoms with E-state index in [0.717, 1.165) is 32.1 Å². The van der Waals surface area contributed by atoms with Gasteiger partial charge in [-0.15, -0.1) is 0 Å². The summed E-state index contributed by atoms with van der Waals surface area (Å²) in [6.07, 6.45) is 24.5. The van der Waals surface area contributed by atoms with Gasteiger partial charge in [-0.1, -0.05) is 82.6 Å². The summed E-state index contributed by atoms with van der Waals surface area (Å²) < 4.78 is 25.6. The Morgan fingerprint density at radius 3 is 2.03 bits per heavy atom. The van der Waals surface area contributed by atoms with Gasteiger partial charge in [-0.3, -0.25) is 13.8 Å². The maximum Gasteiger partial charge on any atom is 0.472 e. The molecule has 2 unspecified atom stereocenters. The van der Waals surface area contributed by atoms with Gasteiger partial charge in [0.25, 0.3) is 0 Å². The summed E-state index contributed by atoms with van der Waals surface area (Å²) >= 11 is 0. The highest BCUT2D eigenvalue weighted by Gasteiger charge is 2.22. The van der Waals surface area contributed by atoms with E-state index in [-0.39, 0.29) is 19.8 Å². The van der Waals surface area contributed by atoms with Crippen LogP contribution in [-0.2, 0) is 23.1 Å². The predicted octanol–water partition coefficient (Wildman–Crippen LogP) is 5.97. The van der Waals surface area contributed by atoms with Crippen LogP contribution in [0.3, 0.4) is 0 Å². The van der Waals surface area contributed by atoms with Crippen LogP contribution < -0.4 is 5.73 Å². The minimum absolute atomic E-state index is 0.0727. The molecule has 0 fully saturated rings. The molecule has 0 amide bonds. The minimum atomic E-state index is -4.25. The average molecular weight is 520 g/mol. The van der Waals surface area contributed by atoms with E-state index in [4.69, 9.17) is 10.5 Å². The lowest BCUT2D eigenvalue weighted by atomic mass is 10.1. The molecule has 2 atom stereocenters. The first-order chi connectivity index (χ1) is 16.9. The van der Waals surface area contributed by atoms with Gasteiger partial charge >= 0.3 is 13.8 Å². The van der Waals surface area contributed by atoms with Crippen molar-refractivity contribution in [1.82, 2.24) is 0 Å². The van der Waals surface area contributed by atoms with Crippen LogP contribution in [0, 0.1) is 0 Å². The molecule has 0 aromatic carbocycles. The molecule has 0 heterocycles. The molecule has 4 N–H and O–H groups in total. The van der Waals surface area contributed by atoms with Crippen molar-refractivity contribution in [3.8, 4) is 0 Å². The molecule has 8 nitrogen and oxygen atoms in total. The van der Waals surface area contributed by atoms with Gasteiger partial charge in [0.1, 0.15) is 12.7 Å². The Balaban J connectivity index is 3.48. The fraction of sp³-hybridized carbons (Fsp3) is 0.808. The van der Waals surface area contributed by atoms with Gasteiger partial charge in [-0.25, -0.2) is 4.57 Å². The van der Waals surface area contributed by atoms with Crippen LogP contribution in [0.1, 0.15) is 103 Å². The van der Waals surface area contributed by atoms with Gasteiger partial charge < -0.3 is 20.5 Å². The van der Waals surface area contributed by atoms with Crippen LogP contribution in [0.5, 0.6) is 0 Å². The maximum atomic E-state index is 11.7. The molecule has 0 radical (unpaired) electrons. The summed E-state index contributed by atoms with van der Waals surface area (Å²) in [5.74, 6) is -0.395. The lowest BCUT2D eigenvalue weighted by Crippen LogP contribution is -2.23. The number of aliphatic hydroxyl groups is 1. The number of phosphoric acid groups is 1. The molecular formula is C26H50NO7P. The Morgan fingerprint density at radius 2 is 1.43 bits per heavy atom. The van der Waals surface area contributed by atoms with Crippen molar-refractivity contribution in [3.05, 3.63) is 24.3 Å². The number of ether oxygens (including phenoxy) is 1. The smallest absolute Gasteiger partial charge is 0.463 e. The fourth-order valence-corrected chi connectivity index (χ4v) is 4.08. The summed E-state index contributed by atoms with van der Waals surface area (Å²) in [5, 5.41) is 9.69. The highest BCUT2D eigenvalue weighted by Crippen LogP contribution is 2.42. The molecule has 0 aromatic rings. The van der Waals surface area contributed by atoms with Gasteiger partial charge in [0, 0.05) is 13.0 Å². The van der Waals surface area contributed by atoms with Crippen LogP contribution in [0.2, 0.25) is 0 Å². The number of allylic oxidation sites excluding steroid dienone is 4. The van der Waals surface area contributed by atoms with Crippen molar-refractivity contribution in [2.75, 3.05) is 26.4 Å². The lowest BCUT2D eigenvalue weighted by molar-refractivity contribution is -0.147. The molecule has 206 valence electrons. The average Bonchev–Trinajstić information content (AvgIpc) is 2.84. The highest BCUT2D eigenvalue weighted by atomic mass is 31.2. The molecule has 0 aliphatic carbocycles. The van der Waals surface area contributed by atoms with Crippen molar-refractivity contribution in [3.63, 3.8) is 0 Å². The molecule has 0 aromatic heterocycles. The Morgan fingerprint density at radius 1 is 0.857 bits per heavy atom. The predicted molar refractivity (Wildman–Crippen MR) is 141 cm³/mol. The second-order valence-corrected chi connectivity index (χ2v) is 10.2. The highest BCUT2D eigenvalue weighted by molar-refractivity contribution is 7.47. The molecular weight excluding hydrogens is 469 g/mol. The monoisotopic (exact) mass is 519 g/mol. The first-order valence-corrected chi connectivity index (χ1v) is 14.9. The Kier molecular flexibility index (Phi) is 23.9. The van der Waals surface area contributed by atoms with E-state index < -0.39 is 26.5 Å². The van der Waals surface area contributed by atoms with Gasteiger partial charge in [-0.05, 0) is 38.5 Å². The number of carbonyl (C=O) groups is 1. The number of phosphoric ester groups is 1. The zero-order valence-electron chi connectivity index (χ0n) is 21.8. The molecule has 0 aliphatic heterocycles. The van der Waals surface area contributed by atoms with Gasteiger partial charge in [0.15, 0.2) is 0 Å². The van der Waals surface area contributed by atoms with E-state index in [1.54, 1.807) is 0 Å². The van der Waals surface area contributed by atoms with Crippen LogP contribution >= 0.6 is 7.82 Å². The summed E-state index contributed by atoms with van der Waals surface area (Å²) in [6, 6.07) is 0. The fourth-order valence-electron chi connectivity index (χ4n) is 3.31. The molecule has 0 saturated heterocycles. The van der Waals surface area contributed by atoms with E-state index >= 15 is 0 Å². The SMILES string of the molecule is CCCCCC/C=C\C/C=C\CCCCCCCCCC(=O)OCC(O)COP(=O)(O)OCCN. The van der Waals surface area contributed by atoms with Gasteiger partial charge in [0.2, 0.25) is 0 Å². The first kappa shape index (κ1) is 34.0. The summed E-state index contributed by atoms with van der Waals surface area (Å²) in [6.45, 7) is 1.41. The number of unbranched alkanes of at least 4 members (excludes halogenated alkanes) is 11. The summed E-state index contributed by atoms with van der Waals surface area (Å²) in [5.41, 5.74) is 5.17. The zero-order valence-corrected chi connectivity index (χ0v) is 22.7. The zero-order chi connectivity index (χ0) is 26.0. The quantitative estimate of drug-likeness (QED) is 0.0583. The molecule has 0 saturated carbocycles. The number of nitrogens with two attached hydrogens (primary N) is 1. The first-order valence-electron chi connectivity index (χ1n) is 13.4. The van der Waals surface area contributed by atoms with Crippen molar-refractivity contribution < 1.29 is 33.1 Å². The van der Waals surface area contributed by atoms with E-state index in [2.05, 4.69) is 40.3 Å². The van der Waals surface area contributed by atoms with E-state index in [9.17, 15) is 19.4 Å². The number of carbonyl (C=O) groups excluding carboxylic acids is 1. The standard InChI is InChI=1S/C26H50NO7P/c1-2-3-4-5-6-7-8-9-10-11-12-13-14-15-16-17-18-19-20-26(29)32-23-25(28)24-34-35(30,31)33-22-21-27/h7-8,10-11,25,28H,2-6,9,12-24,27H2,1H3,(H,30,31)/b8-7-,11-10-. The van der Waals surface area contributed by atoms with Crippen LogP contribution in [0.4, 0.5) is 0 Å². The van der Waals surface area contributed by atoms with E-state index in [1.807, 2.05) is 0 Å². The third kappa shape index (κ3) is 25.9. The van der Waals surface area contributed by atoms with Crippen LogP contribution in [0.15, 0.2) is 24.3 Å². The minimum Gasteiger partial charge on any atom is -0.463 e. The molecule has 0 spiro atoms. The molecule has 0 bridgehead atoms. The van der Waals surface area contributed by atoms with Crippen molar-refractivity contribution in [1.29, 1.82) is 0 Å². The Labute approximate surface area is 212 Å². The number of esters is 1. The second kappa shape index (κ2) is 24.7. The number of hydrogen-bond donors (Lipinski definition) is 3. The summed E-state index contributed by atoms with van der Waals surface area (Å²) in [4.78, 5) is 21.1. The number of hydrogen-bond acceptors (Lipinski definition) is 7. The largest absolute Gasteiger partial charge is 0.472 e. The van der Waals surface area contributed by atoms with Crippen molar-refractivity contribution in [2.45, 2.75) is 109 Å². The third-order valence-electron chi connectivity index (χ3n) is 5.32. The van der Waals surface area contributed by atoms with E-state index in [1.165, 1.54) is 57.8 Å². The molecule has 9 heteroatoms. The summed E-state index contributed by atoms with van der Waals surface area (Å²) in [7, 11) is -4.25. The maximum absolute atomic E-state index is 11.7. The van der Waals surface area contributed by atoms with Crippen LogP contribution in [0.25, 0.3) is 0 Å². The van der Waals surface area contributed by atoms with Crippen molar-refractivity contribution >= 4 is 13.8 Å². The number of aliphatic hydroxyl groups excluding tert-OH is 1. The third-order valence-corrected chi connectivity index (χ3v) is 6.30. The Bertz CT molecular complexity index is 598. The molecule has 35 heavy (non-hydrogen) atoms. The Hall–Kier alpha value is -1.02. The van der Waals surface area contributed by atoms with Gasteiger partial charge in [0.05, 0.1) is 13.2 Å². The number of rotatable bonds is 25. The van der Waals surface area contributed by atoms with Crippen LogP contribution in [-0.4, -0.2) is 48.4 Å². The molecule has 0 aliphatic rings. The second-order valence-electron chi connectivity index (χ2n) is 8.76. The lowest BCUT2D eigenvalue weighted by Gasteiger charge is -2.15. The molecule has 0 rings (SSSR count). The topological polar surface area (TPSA) is 128 Å². The van der Waals surface area contributed by atoms with Gasteiger partial charge in [-0.2, -0.15) is 0 Å². The van der Waals surface area contributed by atoms with E-state index in [0.29, 0.717) is 6.42 Å².